The number of nitrogen functional groups attached to an aromatic ring is 1. The summed E-state index contributed by atoms with van der Waals surface area (Å²) in [5, 5.41) is 7.75. The number of rotatable bonds is 3. The lowest BCUT2D eigenvalue weighted by Crippen LogP contribution is -2.11. The molecule has 6 heteroatoms. The van der Waals surface area contributed by atoms with Gasteiger partial charge < -0.3 is 10.5 Å². The van der Waals surface area contributed by atoms with Gasteiger partial charge >= 0.3 is 0 Å². The van der Waals surface area contributed by atoms with Gasteiger partial charge in [-0.25, -0.2) is 0 Å². The van der Waals surface area contributed by atoms with E-state index >= 15 is 0 Å². The predicted octanol–water partition coefficient (Wildman–Crippen LogP) is 4.94. The van der Waals surface area contributed by atoms with Gasteiger partial charge in [0.05, 0.1) is 9.50 Å². The van der Waals surface area contributed by atoms with Crippen LogP contribution in [0, 0.1) is 5.41 Å². The van der Waals surface area contributed by atoms with Gasteiger partial charge in [-0.15, -0.1) is 0 Å². The van der Waals surface area contributed by atoms with E-state index in [4.69, 9.17) is 27.5 Å². The normalized spacial score (nSPS) is 10.3. The van der Waals surface area contributed by atoms with Crippen molar-refractivity contribution in [2.75, 3.05) is 0 Å². The Kier molecular flexibility index (Phi) is 4.50. The molecule has 19 heavy (non-hydrogen) atoms. The SMILES string of the molecule is N=C(N)c1ccc(Oc2ccc(Br)cc2Br)cc1Cl. The van der Waals surface area contributed by atoms with E-state index in [0.29, 0.717) is 22.1 Å². The molecule has 0 fully saturated rings. The van der Waals surface area contributed by atoms with Gasteiger partial charge in [0.25, 0.3) is 0 Å². The van der Waals surface area contributed by atoms with E-state index in [0.717, 1.165) is 8.95 Å². The quantitative estimate of drug-likeness (QED) is 0.562. The van der Waals surface area contributed by atoms with Gasteiger partial charge in [0, 0.05) is 16.1 Å². The lowest BCUT2D eigenvalue weighted by atomic mass is 10.2. The molecule has 0 atom stereocenters. The smallest absolute Gasteiger partial charge is 0.141 e. The fourth-order valence-electron chi connectivity index (χ4n) is 1.46. The van der Waals surface area contributed by atoms with Crippen molar-refractivity contribution in [2.45, 2.75) is 0 Å². The van der Waals surface area contributed by atoms with E-state index in [9.17, 15) is 0 Å². The van der Waals surface area contributed by atoms with Gasteiger partial charge in [-0.05, 0) is 46.3 Å². The molecule has 0 aliphatic carbocycles. The van der Waals surface area contributed by atoms with Crippen LogP contribution in [0.4, 0.5) is 0 Å². The van der Waals surface area contributed by atoms with Crippen LogP contribution in [0.1, 0.15) is 5.56 Å². The summed E-state index contributed by atoms with van der Waals surface area (Å²) in [6, 6.07) is 10.6. The van der Waals surface area contributed by atoms with Gasteiger partial charge in [-0.1, -0.05) is 27.5 Å². The molecule has 0 amide bonds. The van der Waals surface area contributed by atoms with Crippen molar-refractivity contribution in [3.05, 3.63) is 55.9 Å². The summed E-state index contributed by atoms with van der Waals surface area (Å²) in [7, 11) is 0. The number of nitrogens with one attached hydrogen (secondary N) is 1. The molecule has 0 aliphatic rings. The van der Waals surface area contributed by atoms with Crippen LogP contribution in [0.5, 0.6) is 11.5 Å². The minimum atomic E-state index is -0.0682. The molecule has 0 spiro atoms. The highest BCUT2D eigenvalue weighted by atomic mass is 79.9. The zero-order chi connectivity index (χ0) is 14.0. The summed E-state index contributed by atoms with van der Waals surface area (Å²) in [4.78, 5) is 0. The first-order chi connectivity index (χ1) is 8.97. The Morgan fingerprint density at radius 2 is 1.89 bits per heavy atom. The lowest BCUT2D eigenvalue weighted by molar-refractivity contribution is 0.479. The van der Waals surface area contributed by atoms with Crippen LogP contribution in [-0.2, 0) is 0 Å². The van der Waals surface area contributed by atoms with Crippen molar-refractivity contribution in [1.82, 2.24) is 0 Å². The summed E-state index contributed by atoms with van der Waals surface area (Å²) >= 11 is 12.8. The van der Waals surface area contributed by atoms with Gasteiger partial charge in [0.1, 0.15) is 17.3 Å². The molecule has 3 nitrogen and oxygen atoms in total. The zero-order valence-electron chi connectivity index (χ0n) is 9.58. The fraction of sp³-hybridized carbons (Fsp3) is 0. The summed E-state index contributed by atoms with van der Waals surface area (Å²) in [6.45, 7) is 0. The van der Waals surface area contributed by atoms with Crippen LogP contribution < -0.4 is 10.5 Å². The number of halogens is 3. The average molecular weight is 404 g/mol. The molecule has 0 radical (unpaired) electrons. The van der Waals surface area contributed by atoms with Gasteiger partial charge in [0.15, 0.2) is 0 Å². The van der Waals surface area contributed by atoms with Gasteiger partial charge in [-0.2, -0.15) is 0 Å². The molecule has 0 saturated carbocycles. The molecule has 2 aromatic carbocycles. The number of hydrogen-bond donors (Lipinski definition) is 2. The third-order valence-corrected chi connectivity index (χ3v) is 3.78. The number of benzene rings is 2. The molecule has 0 saturated heterocycles. The second-order valence-corrected chi connectivity index (χ2v) is 5.91. The Labute approximate surface area is 132 Å². The van der Waals surface area contributed by atoms with Crippen molar-refractivity contribution < 1.29 is 4.74 Å². The Balaban J connectivity index is 2.29. The number of nitrogens with two attached hydrogens (primary N) is 1. The highest BCUT2D eigenvalue weighted by molar-refractivity contribution is 9.11. The third kappa shape index (κ3) is 3.49. The summed E-state index contributed by atoms with van der Waals surface area (Å²) in [6.07, 6.45) is 0. The first-order valence-corrected chi connectivity index (χ1v) is 7.20. The minimum absolute atomic E-state index is 0.0682. The van der Waals surface area contributed by atoms with Crippen LogP contribution in [-0.4, -0.2) is 5.84 Å². The van der Waals surface area contributed by atoms with E-state index in [1.165, 1.54) is 0 Å². The standard InChI is InChI=1S/C13H9Br2ClN2O/c14-7-1-4-12(10(15)5-7)19-8-2-3-9(13(17)18)11(16)6-8/h1-6H,(H3,17,18). The maximum absolute atomic E-state index is 7.37. The summed E-state index contributed by atoms with van der Waals surface area (Å²) < 4.78 is 7.50. The van der Waals surface area contributed by atoms with Crippen LogP contribution in [0.3, 0.4) is 0 Å². The van der Waals surface area contributed by atoms with Crippen molar-refractivity contribution >= 4 is 49.3 Å². The maximum atomic E-state index is 7.37. The third-order valence-electron chi connectivity index (χ3n) is 2.35. The fourth-order valence-corrected chi connectivity index (χ4v) is 2.86. The topological polar surface area (TPSA) is 59.1 Å². The largest absolute Gasteiger partial charge is 0.456 e. The van der Waals surface area contributed by atoms with Gasteiger partial charge in [-0.3, -0.25) is 5.41 Å². The van der Waals surface area contributed by atoms with Crippen LogP contribution >= 0.6 is 43.5 Å². The van der Waals surface area contributed by atoms with Crippen LogP contribution in [0.15, 0.2) is 45.3 Å². The van der Waals surface area contributed by atoms with Crippen LogP contribution in [0.25, 0.3) is 0 Å². The summed E-state index contributed by atoms with van der Waals surface area (Å²) in [5.74, 6) is 1.19. The molecule has 2 rings (SSSR count). The van der Waals surface area contributed by atoms with E-state index in [-0.39, 0.29) is 5.84 Å². The van der Waals surface area contributed by atoms with Crippen molar-refractivity contribution in [3.63, 3.8) is 0 Å². The average Bonchev–Trinajstić information content (AvgIpc) is 2.32. The molecule has 2 aromatic rings. The van der Waals surface area contributed by atoms with Gasteiger partial charge in [0.2, 0.25) is 0 Å². The molecule has 0 aliphatic heterocycles. The molecule has 0 unspecified atom stereocenters. The van der Waals surface area contributed by atoms with E-state index in [1.807, 2.05) is 18.2 Å². The Morgan fingerprint density at radius 1 is 1.16 bits per heavy atom. The molecule has 98 valence electrons. The number of amidine groups is 1. The number of ether oxygens (including phenoxy) is 1. The predicted molar refractivity (Wildman–Crippen MR) is 84.4 cm³/mol. The van der Waals surface area contributed by atoms with E-state index < -0.39 is 0 Å². The highest BCUT2D eigenvalue weighted by Crippen LogP contribution is 2.33. The Morgan fingerprint density at radius 3 is 2.47 bits per heavy atom. The van der Waals surface area contributed by atoms with E-state index in [1.54, 1.807) is 18.2 Å². The Bertz CT molecular complexity index is 647. The van der Waals surface area contributed by atoms with Crippen molar-refractivity contribution in [2.24, 2.45) is 5.73 Å². The monoisotopic (exact) mass is 402 g/mol. The molecule has 0 heterocycles. The first-order valence-electron chi connectivity index (χ1n) is 5.24. The number of hydrogen-bond acceptors (Lipinski definition) is 2. The van der Waals surface area contributed by atoms with Crippen molar-refractivity contribution in [1.29, 1.82) is 5.41 Å². The molecular formula is C13H9Br2ClN2O. The van der Waals surface area contributed by atoms with Crippen LogP contribution in [0.2, 0.25) is 5.02 Å². The van der Waals surface area contributed by atoms with Crippen molar-refractivity contribution in [3.8, 4) is 11.5 Å². The highest BCUT2D eigenvalue weighted by Gasteiger charge is 2.07. The molecule has 0 aromatic heterocycles. The second-order valence-electron chi connectivity index (χ2n) is 3.73. The Hall–Kier alpha value is -1.04. The molecule has 0 bridgehead atoms. The van der Waals surface area contributed by atoms with E-state index in [2.05, 4.69) is 31.9 Å². The first kappa shape index (κ1) is 14.4. The minimum Gasteiger partial charge on any atom is -0.456 e. The molecule has 3 N–H and O–H groups in total. The zero-order valence-corrected chi connectivity index (χ0v) is 13.5. The summed E-state index contributed by atoms with van der Waals surface area (Å²) in [5.41, 5.74) is 5.89. The lowest BCUT2D eigenvalue weighted by Gasteiger charge is -2.10. The maximum Gasteiger partial charge on any atom is 0.141 e. The molecular weight excluding hydrogens is 395 g/mol. The second kappa shape index (κ2) is 5.94.